The molecule has 0 aliphatic rings. The van der Waals surface area contributed by atoms with Crippen LogP contribution in [-0.4, -0.2) is 13.5 Å². The summed E-state index contributed by atoms with van der Waals surface area (Å²) in [6.45, 7) is 0. The van der Waals surface area contributed by atoms with E-state index in [1.165, 1.54) is 13.2 Å². The minimum Gasteiger partial charge on any atom is -0.496 e. The molecule has 0 saturated carbocycles. The van der Waals surface area contributed by atoms with Crippen LogP contribution in [0.15, 0.2) is 24.3 Å². The van der Waals surface area contributed by atoms with Gasteiger partial charge < -0.3 is 10.5 Å². The van der Waals surface area contributed by atoms with Gasteiger partial charge in [-0.05, 0) is 6.07 Å². The summed E-state index contributed by atoms with van der Waals surface area (Å²) in [5.74, 6) is 0.398. The molecule has 0 aliphatic carbocycles. The Morgan fingerprint density at radius 3 is 2.36 bits per heavy atom. The summed E-state index contributed by atoms with van der Waals surface area (Å²) in [5.41, 5.74) is 5.62. The monoisotopic (exact) mass is 223 g/mol. The van der Waals surface area contributed by atoms with Crippen LogP contribution in [0.1, 0.15) is 11.6 Å². The zero-order valence-corrected chi connectivity index (χ0v) is 8.43. The highest BCUT2D eigenvalue weighted by molar-refractivity contribution is 5.85. The van der Waals surface area contributed by atoms with Crippen molar-refractivity contribution in [3.05, 3.63) is 29.8 Å². The van der Waals surface area contributed by atoms with E-state index in [4.69, 9.17) is 10.5 Å². The zero-order valence-electron chi connectivity index (χ0n) is 7.61. The van der Waals surface area contributed by atoms with E-state index in [0.717, 1.165) is 0 Å². The maximum atomic E-state index is 12.2. The Bertz CT molecular complexity index is 283. The number of halogens is 3. The third-order valence-electron chi connectivity index (χ3n) is 1.77. The fourth-order valence-corrected chi connectivity index (χ4v) is 1.08. The highest BCUT2D eigenvalue weighted by atomic mass is 35.5. The lowest BCUT2D eigenvalue weighted by molar-refractivity contribution is 0.115. The highest BCUT2D eigenvalue weighted by Crippen LogP contribution is 2.26. The van der Waals surface area contributed by atoms with Gasteiger partial charge in [-0.25, -0.2) is 8.78 Å². The fraction of sp³-hybridized carbons (Fsp3) is 0.333. The number of hydrogen-bond donors (Lipinski definition) is 1. The molecule has 1 aromatic rings. The molecule has 1 atom stereocenters. The number of hydrogen-bond acceptors (Lipinski definition) is 2. The van der Waals surface area contributed by atoms with E-state index in [1.54, 1.807) is 18.2 Å². The molecule has 2 nitrogen and oxygen atoms in total. The molecule has 0 unspecified atom stereocenters. The molecule has 0 heterocycles. The van der Waals surface area contributed by atoms with Gasteiger partial charge in [-0.1, -0.05) is 18.2 Å². The molecular weight excluding hydrogens is 212 g/mol. The van der Waals surface area contributed by atoms with Gasteiger partial charge in [0.1, 0.15) is 5.75 Å². The van der Waals surface area contributed by atoms with Crippen LogP contribution in [0.3, 0.4) is 0 Å². The van der Waals surface area contributed by atoms with Crippen molar-refractivity contribution in [1.29, 1.82) is 0 Å². The largest absolute Gasteiger partial charge is 0.496 e. The summed E-state index contributed by atoms with van der Waals surface area (Å²) >= 11 is 0. The van der Waals surface area contributed by atoms with Gasteiger partial charge in [-0.2, -0.15) is 0 Å². The summed E-state index contributed by atoms with van der Waals surface area (Å²) in [7, 11) is 1.43. The number of rotatable bonds is 3. The summed E-state index contributed by atoms with van der Waals surface area (Å²) in [6, 6.07) is 5.23. The molecule has 0 aromatic heterocycles. The standard InChI is InChI=1S/C9H11F2NO.ClH/c1-13-7-5-3-2-4-6(7)8(12)9(10)11;/h2-5,8-9H,12H2,1H3;1H/t8-;/m1./s1. The molecule has 0 saturated heterocycles. The van der Waals surface area contributed by atoms with Gasteiger partial charge in [-0.15, -0.1) is 12.4 Å². The molecule has 14 heavy (non-hydrogen) atoms. The van der Waals surface area contributed by atoms with Crippen molar-refractivity contribution < 1.29 is 13.5 Å². The Hall–Kier alpha value is -0.870. The number of para-hydroxylation sites is 1. The first-order valence-electron chi connectivity index (χ1n) is 3.83. The molecule has 0 fully saturated rings. The van der Waals surface area contributed by atoms with Crippen LogP contribution >= 0.6 is 12.4 Å². The van der Waals surface area contributed by atoms with Gasteiger partial charge in [0.15, 0.2) is 0 Å². The molecule has 5 heteroatoms. The molecule has 0 bridgehead atoms. The number of benzene rings is 1. The normalized spacial score (nSPS) is 12.1. The van der Waals surface area contributed by atoms with Gasteiger partial charge in [0.25, 0.3) is 6.43 Å². The predicted molar refractivity (Wildman–Crippen MR) is 53.2 cm³/mol. The van der Waals surface area contributed by atoms with Crippen molar-refractivity contribution >= 4 is 12.4 Å². The van der Waals surface area contributed by atoms with Crippen molar-refractivity contribution in [2.45, 2.75) is 12.5 Å². The third kappa shape index (κ3) is 2.82. The topological polar surface area (TPSA) is 35.2 Å². The zero-order chi connectivity index (χ0) is 9.84. The van der Waals surface area contributed by atoms with Crippen LogP contribution in [0.25, 0.3) is 0 Å². The van der Waals surface area contributed by atoms with Crippen LogP contribution in [0.5, 0.6) is 5.75 Å². The van der Waals surface area contributed by atoms with Crippen LogP contribution in [0, 0.1) is 0 Å². The molecule has 80 valence electrons. The second kappa shape index (κ2) is 5.78. The highest BCUT2D eigenvalue weighted by Gasteiger charge is 2.20. The predicted octanol–water partition coefficient (Wildman–Crippen LogP) is 2.38. The lowest BCUT2D eigenvalue weighted by atomic mass is 10.1. The molecule has 2 N–H and O–H groups in total. The van der Waals surface area contributed by atoms with Gasteiger partial charge >= 0.3 is 0 Å². The minimum absolute atomic E-state index is 0. The SMILES string of the molecule is COc1ccccc1[C@@H](N)C(F)F.Cl. The van der Waals surface area contributed by atoms with Crippen molar-refractivity contribution in [2.24, 2.45) is 5.73 Å². The second-order valence-corrected chi connectivity index (χ2v) is 2.60. The van der Waals surface area contributed by atoms with Crippen molar-refractivity contribution in [3.8, 4) is 5.75 Å². The summed E-state index contributed by atoms with van der Waals surface area (Å²) < 4.78 is 29.4. The average Bonchev–Trinajstić information content (AvgIpc) is 2.16. The first-order valence-corrected chi connectivity index (χ1v) is 3.83. The molecule has 0 aliphatic heterocycles. The van der Waals surface area contributed by atoms with E-state index in [1.807, 2.05) is 0 Å². The first kappa shape index (κ1) is 13.1. The molecule has 1 aromatic carbocycles. The van der Waals surface area contributed by atoms with E-state index < -0.39 is 12.5 Å². The van der Waals surface area contributed by atoms with E-state index in [2.05, 4.69) is 0 Å². The van der Waals surface area contributed by atoms with E-state index >= 15 is 0 Å². The van der Waals surface area contributed by atoms with Gasteiger partial charge in [0.2, 0.25) is 0 Å². The number of nitrogens with two attached hydrogens (primary N) is 1. The molecule has 0 amide bonds. The Morgan fingerprint density at radius 2 is 1.86 bits per heavy atom. The van der Waals surface area contributed by atoms with Crippen LogP contribution in [0.4, 0.5) is 8.78 Å². The van der Waals surface area contributed by atoms with Crippen LogP contribution in [-0.2, 0) is 0 Å². The van der Waals surface area contributed by atoms with Gasteiger partial charge in [-0.3, -0.25) is 0 Å². The van der Waals surface area contributed by atoms with E-state index in [9.17, 15) is 8.78 Å². The minimum atomic E-state index is -2.57. The fourth-order valence-electron chi connectivity index (χ4n) is 1.08. The maximum absolute atomic E-state index is 12.2. The first-order chi connectivity index (χ1) is 6.16. The van der Waals surface area contributed by atoms with Gasteiger partial charge in [0, 0.05) is 5.56 Å². The summed E-state index contributed by atoms with van der Waals surface area (Å²) in [4.78, 5) is 0. The third-order valence-corrected chi connectivity index (χ3v) is 1.77. The Morgan fingerprint density at radius 1 is 1.29 bits per heavy atom. The van der Waals surface area contributed by atoms with E-state index in [-0.39, 0.29) is 12.4 Å². The lowest BCUT2D eigenvalue weighted by Gasteiger charge is -2.14. The Balaban J connectivity index is 0.00000169. The lowest BCUT2D eigenvalue weighted by Crippen LogP contribution is -2.19. The molecule has 0 radical (unpaired) electrons. The Kier molecular flexibility index (Phi) is 5.42. The molecule has 0 spiro atoms. The maximum Gasteiger partial charge on any atom is 0.257 e. The number of alkyl halides is 2. The average molecular weight is 224 g/mol. The summed E-state index contributed by atoms with van der Waals surface area (Å²) in [6.07, 6.45) is -2.57. The second-order valence-electron chi connectivity index (χ2n) is 2.60. The van der Waals surface area contributed by atoms with Crippen LogP contribution in [0.2, 0.25) is 0 Å². The van der Waals surface area contributed by atoms with Crippen molar-refractivity contribution in [1.82, 2.24) is 0 Å². The molecule has 1 rings (SSSR count). The molecular formula is C9H12ClF2NO. The number of methoxy groups -OCH3 is 1. The van der Waals surface area contributed by atoms with E-state index in [0.29, 0.717) is 11.3 Å². The van der Waals surface area contributed by atoms with Crippen molar-refractivity contribution in [3.63, 3.8) is 0 Å². The smallest absolute Gasteiger partial charge is 0.257 e. The number of ether oxygens (including phenoxy) is 1. The summed E-state index contributed by atoms with van der Waals surface area (Å²) in [5, 5.41) is 0. The quantitative estimate of drug-likeness (QED) is 0.854. The van der Waals surface area contributed by atoms with Crippen molar-refractivity contribution in [2.75, 3.05) is 7.11 Å². The Labute approximate surface area is 87.5 Å². The van der Waals surface area contributed by atoms with Crippen LogP contribution < -0.4 is 10.5 Å². The van der Waals surface area contributed by atoms with Gasteiger partial charge in [0.05, 0.1) is 13.2 Å².